The van der Waals surface area contributed by atoms with Gasteiger partial charge >= 0.3 is 0 Å². The van der Waals surface area contributed by atoms with Crippen LogP contribution in [0.25, 0.3) is 11.3 Å². The Bertz CT molecular complexity index is 546. The number of nitrogens with zero attached hydrogens (tertiary/aromatic N) is 1. The molecule has 1 aromatic heterocycles. The molecule has 0 N–H and O–H groups in total. The molecule has 1 aromatic carbocycles. The standard InChI is InChI=1S/C13H12BrNO2/c1-8(2)13-12(15-11(7-16)17-13)9-5-3-4-6-10(9)14/h3-8H,1-2H3. The molecule has 0 saturated carbocycles. The normalized spacial score (nSPS) is 10.8. The zero-order valence-electron chi connectivity index (χ0n) is 9.61. The first-order chi connectivity index (χ1) is 8.13. The summed E-state index contributed by atoms with van der Waals surface area (Å²) in [6, 6.07) is 7.75. The second-order valence-corrected chi connectivity index (χ2v) is 4.87. The maximum Gasteiger partial charge on any atom is 0.260 e. The highest BCUT2D eigenvalue weighted by atomic mass is 79.9. The van der Waals surface area contributed by atoms with Gasteiger partial charge in [-0.25, -0.2) is 4.98 Å². The second kappa shape index (κ2) is 4.84. The van der Waals surface area contributed by atoms with Crippen LogP contribution < -0.4 is 0 Å². The van der Waals surface area contributed by atoms with Crippen molar-refractivity contribution in [3.05, 3.63) is 40.4 Å². The lowest BCUT2D eigenvalue weighted by Crippen LogP contribution is -1.89. The van der Waals surface area contributed by atoms with E-state index in [0.29, 0.717) is 6.29 Å². The van der Waals surface area contributed by atoms with Crippen LogP contribution in [-0.4, -0.2) is 11.3 Å². The molecule has 17 heavy (non-hydrogen) atoms. The minimum Gasteiger partial charge on any atom is -0.438 e. The van der Waals surface area contributed by atoms with Crippen molar-refractivity contribution in [3.8, 4) is 11.3 Å². The Kier molecular flexibility index (Phi) is 3.43. The van der Waals surface area contributed by atoms with Crippen LogP contribution in [0.2, 0.25) is 0 Å². The average Bonchev–Trinajstić information content (AvgIpc) is 2.73. The molecule has 0 aliphatic carbocycles. The number of benzene rings is 1. The van der Waals surface area contributed by atoms with E-state index in [-0.39, 0.29) is 11.8 Å². The van der Waals surface area contributed by atoms with E-state index < -0.39 is 0 Å². The molecular weight excluding hydrogens is 282 g/mol. The molecule has 88 valence electrons. The van der Waals surface area contributed by atoms with E-state index in [2.05, 4.69) is 20.9 Å². The van der Waals surface area contributed by atoms with Crippen LogP contribution in [0.3, 0.4) is 0 Å². The highest BCUT2D eigenvalue weighted by Gasteiger charge is 2.18. The van der Waals surface area contributed by atoms with Gasteiger partial charge in [0.15, 0.2) is 0 Å². The maximum absolute atomic E-state index is 10.7. The SMILES string of the molecule is CC(C)c1oc(C=O)nc1-c1ccccc1Br. The minimum absolute atomic E-state index is 0.124. The van der Waals surface area contributed by atoms with Crippen LogP contribution in [0.4, 0.5) is 0 Å². The van der Waals surface area contributed by atoms with Gasteiger partial charge in [0.05, 0.1) is 0 Å². The Labute approximate surface area is 108 Å². The summed E-state index contributed by atoms with van der Waals surface area (Å²) < 4.78 is 6.37. The molecule has 0 amide bonds. The fraction of sp³-hybridized carbons (Fsp3) is 0.231. The van der Waals surface area contributed by atoms with Gasteiger partial charge in [0, 0.05) is 16.0 Å². The molecule has 1 heterocycles. The summed E-state index contributed by atoms with van der Waals surface area (Å²) in [6.45, 7) is 4.02. The second-order valence-electron chi connectivity index (χ2n) is 4.02. The van der Waals surface area contributed by atoms with Crippen molar-refractivity contribution in [3.63, 3.8) is 0 Å². The molecule has 0 bridgehead atoms. The van der Waals surface area contributed by atoms with E-state index in [4.69, 9.17) is 4.42 Å². The summed E-state index contributed by atoms with van der Waals surface area (Å²) in [5.74, 6) is 1.04. The van der Waals surface area contributed by atoms with Crippen molar-refractivity contribution in [1.29, 1.82) is 0 Å². The van der Waals surface area contributed by atoms with Gasteiger partial charge in [0.25, 0.3) is 5.89 Å². The summed E-state index contributed by atoms with van der Waals surface area (Å²) in [7, 11) is 0. The number of aldehydes is 1. The molecule has 0 aliphatic rings. The van der Waals surface area contributed by atoms with Gasteiger partial charge in [-0.2, -0.15) is 0 Å². The number of rotatable bonds is 3. The molecule has 0 unspecified atom stereocenters. The van der Waals surface area contributed by atoms with Crippen LogP contribution >= 0.6 is 15.9 Å². The van der Waals surface area contributed by atoms with Gasteiger partial charge in [-0.1, -0.05) is 48.0 Å². The Morgan fingerprint density at radius 3 is 2.65 bits per heavy atom. The van der Waals surface area contributed by atoms with Gasteiger partial charge in [0.2, 0.25) is 6.29 Å². The molecule has 0 fully saturated rings. The number of carbonyl (C=O) groups excluding carboxylic acids is 1. The largest absolute Gasteiger partial charge is 0.438 e. The van der Waals surface area contributed by atoms with Crippen molar-refractivity contribution >= 4 is 22.2 Å². The van der Waals surface area contributed by atoms with Crippen LogP contribution in [0.15, 0.2) is 33.2 Å². The lowest BCUT2D eigenvalue weighted by Gasteiger charge is -2.05. The van der Waals surface area contributed by atoms with Gasteiger partial charge in [0.1, 0.15) is 11.5 Å². The van der Waals surface area contributed by atoms with E-state index in [0.717, 1.165) is 21.5 Å². The lowest BCUT2D eigenvalue weighted by molar-refractivity contribution is 0.109. The van der Waals surface area contributed by atoms with Crippen molar-refractivity contribution in [2.45, 2.75) is 19.8 Å². The molecule has 0 spiro atoms. The molecule has 2 rings (SSSR count). The molecule has 3 nitrogen and oxygen atoms in total. The van der Waals surface area contributed by atoms with E-state index in [1.165, 1.54) is 0 Å². The monoisotopic (exact) mass is 293 g/mol. The first-order valence-corrected chi connectivity index (χ1v) is 6.13. The fourth-order valence-electron chi connectivity index (χ4n) is 1.64. The third-order valence-electron chi connectivity index (χ3n) is 2.42. The molecule has 2 aromatic rings. The summed E-state index contributed by atoms with van der Waals surface area (Å²) >= 11 is 3.48. The molecule has 4 heteroatoms. The summed E-state index contributed by atoms with van der Waals surface area (Å²) in [6.07, 6.45) is 0.631. The van der Waals surface area contributed by atoms with Crippen LogP contribution in [0.1, 0.15) is 36.2 Å². The van der Waals surface area contributed by atoms with Crippen molar-refractivity contribution in [2.75, 3.05) is 0 Å². The highest BCUT2D eigenvalue weighted by Crippen LogP contribution is 2.33. The Morgan fingerprint density at radius 1 is 1.35 bits per heavy atom. The number of halogens is 1. The van der Waals surface area contributed by atoms with Gasteiger partial charge in [-0.15, -0.1) is 0 Å². The topological polar surface area (TPSA) is 43.1 Å². The summed E-state index contributed by atoms with van der Waals surface area (Å²) in [4.78, 5) is 15.0. The highest BCUT2D eigenvalue weighted by molar-refractivity contribution is 9.10. The van der Waals surface area contributed by atoms with Gasteiger partial charge in [-0.3, -0.25) is 4.79 Å². The van der Waals surface area contributed by atoms with Crippen LogP contribution in [-0.2, 0) is 0 Å². The predicted molar refractivity (Wildman–Crippen MR) is 69.1 cm³/mol. The van der Waals surface area contributed by atoms with Crippen LogP contribution in [0.5, 0.6) is 0 Å². The van der Waals surface area contributed by atoms with Crippen molar-refractivity contribution in [2.24, 2.45) is 0 Å². The molecule has 0 saturated heterocycles. The minimum atomic E-state index is 0.124. The summed E-state index contributed by atoms with van der Waals surface area (Å²) in [5, 5.41) is 0. The zero-order chi connectivity index (χ0) is 12.4. The number of hydrogen-bond acceptors (Lipinski definition) is 3. The van der Waals surface area contributed by atoms with E-state index in [1.54, 1.807) is 0 Å². The van der Waals surface area contributed by atoms with Crippen molar-refractivity contribution in [1.82, 2.24) is 4.98 Å². The third kappa shape index (κ3) is 2.31. The smallest absolute Gasteiger partial charge is 0.260 e. The number of carbonyl (C=O) groups is 1. The molecule has 0 radical (unpaired) electrons. The number of oxazole rings is 1. The summed E-state index contributed by atoms with van der Waals surface area (Å²) in [5.41, 5.74) is 1.67. The van der Waals surface area contributed by atoms with E-state index >= 15 is 0 Å². The van der Waals surface area contributed by atoms with E-state index in [9.17, 15) is 4.79 Å². The molecule has 0 atom stereocenters. The first kappa shape index (κ1) is 12.0. The van der Waals surface area contributed by atoms with Gasteiger partial charge < -0.3 is 4.42 Å². The fourth-order valence-corrected chi connectivity index (χ4v) is 2.11. The van der Waals surface area contributed by atoms with Gasteiger partial charge in [-0.05, 0) is 6.07 Å². The predicted octanol–water partition coefficient (Wildman–Crippen LogP) is 4.04. The Balaban J connectivity index is 2.62. The van der Waals surface area contributed by atoms with Crippen molar-refractivity contribution < 1.29 is 9.21 Å². The maximum atomic E-state index is 10.7. The Hall–Kier alpha value is -1.42. The molecule has 0 aliphatic heterocycles. The first-order valence-electron chi connectivity index (χ1n) is 5.34. The zero-order valence-corrected chi connectivity index (χ0v) is 11.2. The lowest BCUT2D eigenvalue weighted by atomic mass is 10.0. The van der Waals surface area contributed by atoms with E-state index in [1.807, 2.05) is 38.1 Å². The third-order valence-corrected chi connectivity index (χ3v) is 3.12. The van der Waals surface area contributed by atoms with Crippen LogP contribution in [0, 0.1) is 0 Å². The molecular formula is C13H12BrNO2. The average molecular weight is 294 g/mol. The number of aromatic nitrogens is 1. The number of hydrogen-bond donors (Lipinski definition) is 0. The Morgan fingerprint density at radius 2 is 2.06 bits per heavy atom. The quantitative estimate of drug-likeness (QED) is 0.802.